The van der Waals surface area contributed by atoms with Crippen molar-refractivity contribution in [1.29, 1.82) is 0 Å². The first-order valence-corrected chi connectivity index (χ1v) is 6.52. The molecule has 0 amide bonds. The summed E-state index contributed by atoms with van der Waals surface area (Å²) in [6.07, 6.45) is 9.54. The van der Waals surface area contributed by atoms with E-state index < -0.39 is 0 Å². The fraction of sp³-hybridized carbons (Fsp3) is 0.562. The Labute approximate surface area is 111 Å². The van der Waals surface area contributed by atoms with Gasteiger partial charge in [0.25, 0.3) is 0 Å². The Balaban J connectivity index is 3.45. The first-order chi connectivity index (χ1) is 8.77. The Morgan fingerprint density at radius 1 is 1.06 bits per heavy atom. The lowest BCUT2D eigenvalue weighted by atomic mass is 10.2. The number of unbranched alkanes of at least 4 members (excludes halogenated alkanes) is 4. The van der Waals surface area contributed by atoms with E-state index in [1.165, 1.54) is 13.3 Å². The number of hydrogen-bond donors (Lipinski definition) is 0. The van der Waals surface area contributed by atoms with Gasteiger partial charge < -0.3 is 4.74 Å². The lowest BCUT2D eigenvalue weighted by molar-refractivity contribution is -0.141. The van der Waals surface area contributed by atoms with Crippen LogP contribution >= 0.6 is 0 Å². The molecule has 0 aliphatic rings. The summed E-state index contributed by atoms with van der Waals surface area (Å²) in [5.41, 5.74) is 0. The smallest absolute Gasteiger partial charge is 0.302 e. The molecule has 0 fully saturated rings. The SMILES string of the molecule is CCCCC#C/C=C\C#CCCCCOC(C)=O. The highest BCUT2D eigenvalue weighted by molar-refractivity contribution is 5.65. The summed E-state index contributed by atoms with van der Waals surface area (Å²) in [5, 5.41) is 0. The summed E-state index contributed by atoms with van der Waals surface area (Å²) in [5.74, 6) is 11.8. The van der Waals surface area contributed by atoms with E-state index >= 15 is 0 Å². The van der Waals surface area contributed by atoms with Crippen LogP contribution in [0.4, 0.5) is 0 Å². The van der Waals surface area contributed by atoms with Crippen molar-refractivity contribution in [3.05, 3.63) is 12.2 Å². The molecular weight excluding hydrogens is 224 g/mol. The van der Waals surface area contributed by atoms with Crippen molar-refractivity contribution >= 4 is 5.97 Å². The normalized spacial score (nSPS) is 9.22. The number of allylic oxidation sites excluding steroid dienone is 2. The summed E-state index contributed by atoms with van der Waals surface area (Å²) >= 11 is 0. The Bertz CT molecular complexity index is 358. The lowest BCUT2D eigenvalue weighted by Gasteiger charge is -1.98. The maximum Gasteiger partial charge on any atom is 0.302 e. The zero-order valence-electron chi connectivity index (χ0n) is 11.4. The molecule has 0 radical (unpaired) electrons. The van der Waals surface area contributed by atoms with E-state index in [0.717, 1.165) is 32.1 Å². The van der Waals surface area contributed by atoms with Crippen molar-refractivity contribution in [2.24, 2.45) is 0 Å². The van der Waals surface area contributed by atoms with Gasteiger partial charge in [0.2, 0.25) is 0 Å². The molecule has 0 bridgehead atoms. The van der Waals surface area contributed by atoms with E-state index in [1.807, 2.05) is 0 Å². The van der Waals surface area contributed by atoms with E-state index in [4.69, 9.17) is 4.74 Å². The second-order valence-corrected chi connectivity index (χ2v) is 3.88. The van der Waals surface area contributed by atoms with Gasteiger partial charge in [0.15, 0.2) is 0 Å². The summed E-state index contributed by atoms with van der Waals surface area (Å²) in [6, 6.07) is 0. The Kier molecular flexibility index (Phi) is 12.2. The molecule has 0 unspecified atom stereocenters. The molecule has 0 aromatic carbocycles. The van der Waals surface area contributed by atoms with Gasteiger partial charge in [-0.1, -0.05) is 37.0 Å². The summed E-state index contributed by atoms with van der Waals surface area (Å²) < 4.78 is 4.81. The van der Waals surface area contributed by atoms with Crippen LogP contribution in [0.5, 0.6) is 0 Å². The van der Waals surface area contributed by atoms with Crippen LogP contribution < -0.4 is 0 Å². The minimum Gasteiger partial charge on any atom is -0.466 e. The standard InChI is InChI=1S/C16H22O2/c1-3-4-5-6-7-8-9-10-11-12-13-14-15-18-16(2)17/h8-9H,3-5,12-15H2,1-2H3/b9-8-. The van der Waals surface area contributed by atoms with Crippen LogP contribution in [0.15, 0.2) is 12.2 Å². The fourth-order valence-electron chi connectivity index (χ4n) is 1.14. The molecule has 0 saturated heterocycles. The molecule has 2 nitrogen and oxygen atoms in total. The Hall–Kier alpha value is -1.67. The molecule has 2 heteroatoms. The van der Waals surface area contributed by atoms with Crippen LogP contribution in [0.2, 0.25) is 0 Å². The van der Waals surface area contributed by atoms with Crippen molar-refractivity contribution < 1.29 is 9.53 Å². The zero-order chi connectivity index (χ0) is 13.5. The fourth-order valence-corrected chi connectivity index (χ4v) is 1.14. The average Bonchev–Trinajstić information content (AvgIpc) is 2.34. The second kappa shape index (κ2) is 13.4. The molecule has 0 N–H and O–H groups in total. The van der Waals surface area contributed by atoms with Crippen LogP contribution in [-0.4, -0.2) is 12.6 Å². The largest absolute Gasteiger partial charge is 0.466 e. The number of ether oxygens (including phenoxy) is 1. The highest BCUT2D eigenvalue weighted by Crippen LogP contribution is 1.94. The molecule has 0 aromatic heterocycles. The molecule has 0 aromatic rings. The van der Waals surface area contributed by atoms with Gasteiger partial charge >= 0.3 is 5.97 Å². The molecule has 0 aliphatic carbocycles. The maximum absolute atomic E-state index is 10.5. The summed E-state index contributed by atoms with van der Waals surface area (Å²) in [4.78, 5) is 10.5. The molecule has 0 atom stereocenters. The minimum atomic E-state index is -0.217. The van der Waals surface area contributed by atoms with Gasteiger partial charge in [-0.3, -0.25) is 4.79 Å². The van der Waals surface area contributed by atoms with Crippen LogP contribution in [0.25, 0.3) is 0 Å². The number of hydrogen-bond acceptors (Lipinski definition) is 2. The number of esters is 1. The first kappa shape index (κ1) is 16.3. The van der Waals surface area contributed by atoms with Crippen LogP contribution in [-0.2, 0) is 9.53 Å². The van der Waals surface area contributed by atoms with Crippen molar-refractivity contribution in [2.75, 3.05) is 6.61 Å². The topological polar surface area (TPSA) is 26.3 Å². The predicted octanol–water partition coefficient (Wildman–Crippen LogP) is 3.47. The minimum absolute atomic E-state index is 0.217. The number of carbonyl (C=O) groups excluding carboxylic acids is 1. The monoisotopic (exact) mass is 246 g/mol. The zero-order valence-corrected chi connectivity index (χ0v) is 11.4. The van der Waals surface area contributed by atoms with Crippen LogP contribution in [0.3, 0.4) is 0 Å². The van der Waals surface area contributed by atoms with Gasteiger partial charge in [-0.25, -0.2) is 0 Å². The molecule has 98 valence electrons. The van der Waals surface area contributed by atoms with Crippen molar-refractivity contribution in [3.63, 3.8) is 0 Å². The quantitative estimate of drug-likeness (QED) is 0.407. The highest BCUT2D eigenvalue weighted by atomic mass is 16.5. The molecule has 0 saturated carbocycles. The van der Waals surface area contributed by atoms with E-state index in [2.05, 4.69) is 30.6 Å². The first-order valence-electron chi connectivity index (χ1n) is 6.52. The Morgan fingerprint density at radius 3 is 2.22 bits per heavy atom. The number of carbonyl (C=O) groups is 1. The number of rotatable bonds is 6. The van der Waals surface area contributed by atoms with Gasteiger partial charge in [-0.15, -0.1) is 0 Å². The van der Waals surface area contributed by atoms with Gasteiger partial charge in [-0.2, -0.15) is 0 Å². The van der Waals surface area contributed by atoms with Crippen molar-refractivity contribution in [1.82, 2.24) is 0 Å². The molecule has 18 heavy (non-hydrogen) atoms. The average molecular weight is 246 g/mol. The van der Waals surface area contributed by atoms with Crippen LogP contribution in [0.1, 0.15) is 52.4 Å². The van der Waals surface area contributed by atoms with Crippen LogP contribution in [0, 0.1) is 23.7 Å². The predicted molar refractivity (Wildman–Crippen MR) is 74.7 cm³/mol. The Morgan fingerprint density at radius 2 is 1.67 bits per heavy atom. The summed E-state index contributed by atoms with van der Waals surface area (Å²) in [6.45, 7) is 4.08. The van der Waals surface area contributed by atoms with Crippen molar-refractivity contribution in [3.8, 4) is 23.7 Å². The van der Waals surface area contributed by atoms with E-state index in [9.17, 15) is 4.79 Å². The molecule has 0 heterocycles. The van der Waals surface area contributed by atoms with Gasteiger partial charge in [-0.05, 0) is 31.4 Å². The highest BCUT2D eigenvalue weighted by Gasteiger charge is 1.90. The van der Waals surface area contributed by atoms with Crippen molar-refractivity contribution in [2.45, 2.75) is 52.4 Å². The van der Waals surface area contributed by atoms with E-state index in [-0.39, 0.29) is 5.97 Å². The van der Waals surface area contributed by atoms with Gasteiger partial charge in [0, 0.05) is 19.8 Å². The third-order valence-corrected chi connectivity index (χ3v) is 2.11. The molecule has 0 rings (SSSR count). The third-order valence-electron chi connectivity index (χ3n) is 2.11. The third kappa shape index (κ3) is 14.3. The molecular formula is C16H22O2. The lowest BCUT2D eigenvalue weighted by Crippen LogP contribution is -1.99. The maximum atomic E-state index is 10.5. The van der Waals surface area contributed by atoms with E-state index in [1.54, 1.807) is 12.2 Å². The second-order valence-electron chi connectivity index (χ2n) is 3.88. The summed E-state index contributed by atoms with van der Waals surface area (Å²) in [7, 11) is 0. The molecule has 0 spiro atoms. The van der Waals surface area contributed by atoms with Gasteiger partial charge in [0.1, 0.15) is 0 Å². The van der Waals surface area contributed by atoms with E-state index in [0.29, 0.717) is 6.61 Å². The van der Waals surface area contributed by atoms with Gasteiger partial charge in [0.05, 0.1) is 6.61 Å². The molecule has 0 aliphatic heterocycles.